The number of fused-ring (bicyclic) bond motifs is 1. The topological polar surface area (TPSA) is 54.3 Å². The van der Waals surface area contributed by atoms with Crippen molar-refractivity contribution in [1.82, 2.24) is 14.8 Å². The van der Waals surface area contributed by atoms with Crippen molar-refractivity contribution >= 4 is 69.5 Å². The molecular weight excluding hydrogens is 450 g/mol. The number of aryl methyl sites for hydroxylation is 1. The molecule has 2 aromatic carbocycles. The van der Waals surface area contributed by atoms with Crippen LogP contribution in [0.2, 0.25) is 5.02 Å². The van der Waals surface area contributed by atoms with Crippen molar-refractivity contribution in [2.24, 2.45) is 7.05 Å². The van der Waals surface area contributed by atoms with Crippen molar-refractivity contribution in [3.8, 4) is 0 Å². The third-order valence-electron chi connectivity index (χ3n) is 4.92. The number of aromatic nitrogens is 1. The molecule has 1 N–H and O–H groups in total. The van der Waals surface area contributed by atoms with Gasteiger partial charge in [-0.25, -0.2) is 0 Å². The van der Waals surface area contributed by atoms with Crippen LogP contribution in [-0.4, -0.2) is 32.9 Å². The molecule has 31 heavy (non-hydrogen) atoms. The molecule has 156 valence electrons. The molecule has 1 aromatic heterocycles. The molecule has 0 spiro atoms. The molecule has 1 aliphatic heterocycles. The fourth-order valence-electron chi connectivity index (χ4n) is 3.43. The molecule has 0 unspecified atom stereocenters. The molecule has 5 nitrogen and oxygen atoms in total. The summed E-state index contributed by atoms with van der Waals surface area (Å²) in [5, 5.41) is 5.10. The average molecular weight is 468 g/mol. The summed E-state index contributed by atoms with van der Waals surface area (Å²) in [5.74, 6) is -0.966. The largest absolute Gasteiger partial charge is 0.338 e. The van der Waals surface area contributed by atoms with Gasteiger partial charge in [0.2, 0.25) is 0 Å². The van der Waals surface area contributed by atoms with Gasteiger partial charge in [0.05, 0.1) is 10.0 Å². The summed E-state index contributed by atoms with van der Waals surface area (Å²) in [6.45, 7) is 3.87. The van der Waals surface area contributed by atoms with E-state index in [4.69, 9.17) is 23.8 Å². The van der Waals surface area contributed by atoms with Crippen LogP contribution in [0.15, 0.2) is 76.7 Å². The molecule has 0 aliphatic carbocycles. The van der Waals surface area contributed by atoms with E-state index in [1.807, 2.05) is 60.1 Å². The Morgan fingerprint density at radius 3 is 2.61 bits per heavy atom. The second-order valence-electron chi connectivity index (χ2n) is 6.85. The predicted octanol–water partition coefficient (Wildman–Crippen LogP) is 4.80. The van der Waals surface area contributed by atoms with Crippen molar-refractivity contribution in [1.29, 1.82) is 0 Å². The van der Waals surface area contributed by atoms with Gasteiger partial charge in [-0.2, -0.15) is 0 Å². The summed E-state index contributed by atoms with van der Waals surface area (Å²) in [7, 11) is 1.95. The first kappa shape index (κ1) is 21.4. The van der Waals surface area contributed by atoms with E-state index < -0.39 is 11.8 Å². The Morgan fingerprint density at radius 1 is 1.16 bits per heavy atom. The SMILES string of the molecule is C=CCN1C(=O)/C(=C/c2c(Sc3ccccc3Cl)n(C)c3ccccc23)C(=O)NC1=S. The number of thiocarbonyl (C=S) groups is 1. The van der Waals surface area contributed by atoms with E-state index in [1.54, 1.807) is 12.2 Å². The van der Waals surface area contributed by atoms with Crippen LogP contribution in [0.25, 0.3) is 17.0 Å². The Kier molecular flexibility index (Phi) is 6.00. The van der Waals surface area contributed by atoms with Gasteiger partial charge in [-0.05, 0) is 36.5 Å². The first-order valence-electron chi connectivity index (χ1n) is 9.42. The molecule has 0 radical (unpaired) electrons. The molecule has 0 bridgehead atoms. The lowest BCUT2D eigenvalue weighted by molar-refractivity contribution is -0.128. The first-order valence-corrected chi connectivity index (χ1v) is 11.0. The zero-order valence-electron chi connectivity index (χ0n) is 16.6. The van der Waals surface area contributed by atoms with Gasteiger partial charge in [0.1, 0.15) is 5.57 Å². The predicted molar refractivity (Wildman–Crippen MR) is 129 cm³/mol. The molecule has 0 saturated carbocycles. The maximum Gasteiger partial charge on any atom is 0.265 e. The molecule has 1 aliphatic rings. The number of carbonyl (C=O) groups is 2. The summed E-state index contributed by atoms with van der Waals surface area (Å²) in [6, 6.07) is 15.4. The van der Waals surface area contributed by atoms with Gasteiger partial charge in [-0.15, -0.1) is 6.58 Å². The van der Waals surface area contributed by atoms with Crippen LogP contribution in [0, 0.1) is 0 Å². The number of para-hydroxylation sites is 1. The maximum absolute atomic E-state index is 13.0. The average Bonchev–Trinajstić information content (AvgIpc) is 3.01. The minimum Gasteiger partial charge on any atom is -0.338 e. The third kappa shape index (κ3) is 3.92. The number of hydrogen-bond acceptors (Lipinski definition) is 4. The van der Waals surface area contributed by atoms with E-state index >= 15 is 0 Å². The number of hydrogen-bond donors (Lipinski definition) is 1. The number of nitrogens with one attached hydrogen (secondary N) is 1. The smallest absolute Gasteiger partial charge is 0.265 e. The highest BCUT2D eigenvalue weighted by Gasteiger charge is 2.33. The maximum atomic E-state index is 13.0. The number of amides is 2. The summed E-state index contributed by atoms with van der Waals surface area (Å²) < 4.78 is 2.03. The van der Waals surface area contributed by atoms with Gasteiger partial charge in [0, 0.05) is 35.0 Å². The molecule has 2 amide bonds. The highest BCUT2D eigenvalue weighted by molar-refractivity contribution is 7.99. The van der Waals surface area contributed by atoms with Crippen molar-refractivity contribution < 1.29 is 9.59 Å². The Morgan fingerprint density at radius 2 is 1.87 bits per heavy atom. The third-order valence-corrected chi connectivity index (χ3v) is 6.95. The Labute approximate surface area is 194 Å². The zero-order chi connectivity index (χ0) is 22.1. The molecule has 3 aromatic rings. The van der Waals surface area contributed by atoms with Gasteiger partial charge in [0.25, 0.3) is 11.8 Å². The molecule has 8 heteroatoms. The van der Waals surface area contributed by atoms with E-state index in [9.17, 15) is 9.59 Å². The molecule has 4 rings (SSSR count). The van der Waals surface area contributed by atoms with E-state index in [1.165, 1.54) is 16.7 Å². The highest BCUT2D eigenvalue weighted by Crippen LogP contribution is 2.40. The summed E-state index contributed by atoms with van der Waals surface area (Å²) in [5.41, 5.74) is 1.77. The van der Waals surface area contributed by atoms with Crippen molar-refractivity contribution in [3.63, 3.8) is 0 Å². The van der Waals surface area contributed by atoms with Gasteiger partial charge in [0.15, 0.2) is 5.11 Å². The first-order chi connectivity index (χ1) is 14.9. The minimum atomic E-state index is -0.517. The van der Waals surface area contributed by atoms with E-state index in [0.717, 1.165) is 26.4 Å². The Bertz CT molecular complexity index is 1280. The minimum absolute atomic E-state index is 0.0211. The fraction of sp³-hybridized carbons (Fsp3) is 0.0870. The number of halogens is 1. The summed E-state index contributed by atoms with van der Waals surface area (Å²) >= 11 is 13.0. The lowest BCUT2D eigenvalue weighted by Gasteiger charge is -2.27. The molecular formula is C23H18ClN3O2S2. The number of rotatable bonds is 5. The van der Waals surface area contributed by atoms with Gasteiger partial charge in [-0.3, -0.25) is 19.8 Å². The number of nitrogens with zero attached hydrogens (tertiary/aromatic N) is 2. The van der Waals surface area contributed by atoms with Crippen LogP contribution in [0.5, 0.6) is 0 Å². The number of benzene rings is 2. The van der Waals surface area contributed by atoms with Crippen LogP contribution >= 0.6 is 35.6 Å². The zero-order valence-corrected chi connectivity index (χ0v) is 19.0. The van der Waals surface area contributed by atoms with Crippen molar-refractivity contribution in [2.45, 2.75) is 9.92 Å². The van der Waals surface area contributed by atoms with Crippen molar-refractivity contribution in [3.05, 3.63) is 77.3 Å². The number of carbonyl (C=O) groups excluding carboxylic acids is 2. The lowest BCUT2D eigenvalue weighted by atomic mass is 10.1. The second-order valence-corrected chi connectivity index (χ2v) is 8.67. The highest BCUT2D eigenvalue weighted by atomic mass is 35.5. The van der Waals surface area contributed by atoms with Crippen LogP contribution in [0.4, 0.5) is 0 Å². The fourth-order valence-corrected chi connectivity index (χ4v) is 4.96. The monoisotopic (exact) mass is 467 g/mol. The van der Waals surface area contributed by atoms with Gasteiger partial charge >= 0.3 is 0 Å². The Balaban J connectivity index is 1.89. The molecule has 1 saturated heterocycles. The molecule has 1 fully saturated rings. The van der Waals surface area contributed by atoms with Crippen molar-refractivity contribution in [2.75, 3.05) is 6.54 Å². The van der Waals surface area contributed by atoms with Crippen LogP contribution < -0.4 is 5.32 Å². The van der Waals surface area contributed by atoms with E-state index in [0.29, 0.717) is 5.02 Å². The Hall–Kier alpha value is -2.87. The standard InChI is InChI=1S/C23H18ClN3O2S2/c1-3-12-27-21(29)16(20(28)25-23(27)30)13-15-14-8-4-6-10-18(14)26(2)22(15)31-19-11-7-5-9-17(19)24/h3-11,13H,1,12H2,2H3,(H,25,28,30)/b16-13+. The van der Waals surface area contributed by atoms with Gasteiger partial charge in [-0.1, -0.05) is 59.8 Å². The summed E-state index contributed by atoms with van der Waals surface area (Å²) in [4.78, 5) is 27.9. The van der Waals surface area contributed by atoms with Crippen LogP contribution in [0.3, 0.4) is 0 Å². The van der Waals surface area contributed by atoms with Gasteiger partial charge < -0.3 is 4.57 Å². The second kappa shape index (κ2) is 8.70. The molecule has 2 heterocycles. The van der Waals surface area contributed by atoms with E-state index in [2.05, 4.69) is 11.9 Å². The summed E-state index contributed by atoms with van der Waals surface area (Å²) in [6.07, 6.45) is 3.20. The lowest BCUT2D eigenvalue weighted by Crippen LogP contribution is -2.53. The molecule has 0 atom stereocenters. The quantitative estimate of drug-likeness (QED) is 0.253. The van der Waals surface area contributed by atoms with Crippen LogP contribution in [0.1, 0.15) is 5.56 Å². The van der Waals surface area contributed by atoms with Crippen LogP contribution in [-0.2, 0) is 16.6 Å². The normalized spacial score (nSPS) is 15.6. The van der Waals surface area contributed by atoms with E-state index in [-0.39, 0.29) is 17.2 Å².